The van der Waals surface area contributed by atoms with Gasteiger partial charge in [-0.15, -0.1) is 11.8 Å². The molecule has 0 saturated heterocycles. The van der Waals surface area contributed by atoms with Crippen LogP contribution in [-0.2, 0) is 14.3 Å². The average Bonchev–Trinajstić information content (AvgIpc) is 2.99. The van der Waals surface area contributed by atoms with Gasteiger partial charge >= 0.3 is 5.97 Å². The van der Waals surface area contributed by atoms with Crippen molar-refractivity contribution in [2.45, 2.75) is 51.3 Å². The number of carboxylic acids is 1. The summed E-state index contributed by atoms with van der Waals surface area (Å²) in [6, 6.07) is 5.62. The zero-order valence-corrected chi connectivity index (χ0v) is 20.6. The van der Waals surface area contributed by atoms with E-state index in [9.17, 15) is 14.7 Å². The van der Waals surface area contributed by atoms with Gasteiger partial charge in [-0.3, -0.25) is 9.59 Å². The molecular weight excluding hydrogens is 454 g/mol. The second-order valence-electron chi connectivity index (χ2n) is 10.1. The van der Waals surface area contributed by atoms with Crippen LogP contribution in [0.5, 0.6) is 11.5 Å². The fourth-order valence-electron chi connectivity index (χ4n) is 4.98. The van der Waals surface area contributed by atoms with Crippen LogP contribution in [0.2, 0.25) is 0 Å². The molecule has 8 heteroatoms. The molecule has 4 aliphatic rings. The first-order chi connectivity index (χ1) is 16.2. The Labute approximate surface area is 203 Å². The largest absolute Gasteiger partial charge is 0.498 e. The molecule has 0 spiro atoms. The molecule has 5 rings (SSSR count). The van der Waals surface area contributed by atoms with Crippen LogP contribution in [0.15, 0.2) is 52.3 Å². The van der Waals surface area contributed by atoms with E-state index in [0.717, 1.165) is 27.3 Å². The van der Waals surface area contributed by atoms with E-state index in [-0.39, 0.29) is 29.7 Å². The number of thioether (sulfide) groups is 1. The highest BCUT2D eigenvalue weighted by Gasteiger charge is 2.48. The van der Waals surface area contributed by atoms with Crippen LogP contribution in [0.1, 0.15) is 45.6 Å². The molecule has 3 atom stereocenters. The van der Waals surface area contributed by atoms with Crippen molar-refractivity contribution >= 4 is 23.6 Å². The number of hydrogen-bond acceptors (Lipinski definition) is 6. The minimum atomic E-state index is -0.989. The number of ether oxygens (including phenoxy) is 3. The second-order valence-corrected chi connectivity index (χ2v) is 11.3. The van der Waals surface area contributed by atoms with Crippen LogP contribution in [0.25, 0.3) is 0 Å². The highest BCUT2D eigenvalue weighted by molar-refractivity contribution is 8.04. The molecule has 1 aromatic rings. The lowest BCUT2D eigenvalue weighted by Gasteiger charge is -2.46. The molecule has 180 valence electrons. The number of carbonyl (C=O) groups excluding carboxylic acids is 1. The van der Waals surface area contributed by atoms with Gasteiger partial charge in [0.1, 0.15) is 19.8 Å². The van der Waals surface area contributed by atoms with Gasteiger partial charge in [0.25, 0.3) is 0 Å². The van der Waals surface area contributed by atoms with Crippen molar-refractivity contribution < 1.29 is 28.9 Å². The zero-order chi connectivity index (χ0) is 24.2. The highest BCUT2D eigenvalue weighted by Crippen LogP contribution is 2.54. The molecule has 1 amide bonds. The number of benzene rings is 1. The summed E-state index contributed by atoms with van der Waals surface area (Å²) >= 11 is 1.36. The predicted molar refractivity (Wildman–Crippen MR) is 129 cm³/mol. The molecule has 1 aliphatic carbocycles. The Morgan fingerprint density at radius 3 is 2.74 bits per heavy atom. The smallest absolute Gasteiger partial charge is 0.305 e. The minimum Gasteiger partial charge on any atom is -0.498 e. The summed E-state index contributed by atoms with van der Waals surface area (Å²) in [4.78, 5) is 28.3. The maximum atomic E-state index is 13.8. The Morgan fingerprint density at radius 2 is 2.00 bits per heavy atom. The van der Waals surface area contributed by atoms with Crippen molar-refractivity contribution in [2.75, 3.05) is 19.8 Å². The van der Waals surface area contributed by atoms with Gasteiger partial charge in [-0.05, 0) is 24.0 Å². The summed E-state index contributed by atoms with van der Waals surface area (Å²) in [5, 5.41) is 8.87. The molecule has 7 nitrogen and oxygen atoms in total. The van der Waals surface area contributed by atoms with Gasteiger partial charge in [0.15, 0.2) is 11.5 Å². The first-order valence-corrected chi connectivity index (χ1v) is 12.4. The fourth-order valence-corrected chi connectivity index (χ4v) is 6.39. The third-order valence-electron chi connectivity index (χ3n) is 6.69. The first kappa shape index (κ1) is 22.9. The van der Waals surface area contributed by atoms with Crippen molar-refractivity contribution in [3.05, 3.63) is 57.8 Å². The molecule has 1 N–H and O–H groups in total. The number of carbonyl (C=O) groups is 2. The van der Waals surface area contributed by atoms with Gasteiger partial charge in [0, 0.05) is 22.0 Å². The number of aliphatic carboxylic acids is 1. The maximum Gasteiger partial charge on any atom is 0.305 e. The maximum absolute atomic E-state index is 13.8. The third-order valence-corrected chi connectivity index (χ3v) is 8.05. The molecule has 34 heavy (non-hydrogen) atoms. The summed E-state index contributed by atoms with van der Waals surface area (Å²) < 4.78 is 17.8. The van der Waals surface area contributed by atoms with Crippen LogP contribution in [0.3, 0.4) is 0 Å². The molecule has 0 saturated carbocycles. The summed E-state index contributed by atoms with van der Waals surface area (Å²) in [7, 11) is 0. The molecule has 3 heterocycles. The Bertz CT molecular complexity index is 1140. The van der Waals surface area contributed by atoms with Gasteiger partial charge < -0.3 is 24.2 Å². The number of rotatable bonds is 3. The van der Waals surface area contributed by atoms with Gasteiger partial charge in [-0.1, -0.05) is 39.0 Å². The SMILES string of the molecule is CC1=C[C@@H](c2cccc3c2OCCO3)C2=C3C1=COC[C@@H](C(C)(C)C)N3C(=O)[C@@H](CC(=O)O)S2. The second kappa shape index (κ2) is 8.41. The first-order valence-electron chi connectivity index (χ1n) is 11.5. The number of nitrogens with zero attached hydrogens (tertiary/aromatic N) is 1. The van der Waals surface area contributed by atoms with Gasteiger partial charge in [0.2, 0.25) is 5.91 Å². The van der Waals surface area contributed by atoms with Crippen LogP contribution in [0, 0.1) is 5.41 Å². The number of fused-ring (bicyclic) bond motifs is 1. The lowest BCUT2D eigenvalue weighted by atomic mass is 9.82. The molecule has 0 unspecified atom stereocenters. The normalized spacial score (nSPS) is 26.2. The number of carboxylic acid groups (broad SMARTS) is 1. The number of allylic oxidation sites excluding steroid dienone is 3. The molecule has 0 radical (unpaired) electrons. The van der Waals surface area contributed by atoms with E-state index in [0.29, 0.717) is 31.3 Å². The van der Waals surface area contributed by atoms with Crippen LogP contribution in [0.4, 0.5) is 0 Å². The summed E-state index contributed by atoms with van der Waals surface area (Å²) in [5.41, 5.74) is 3.37. The van der Waals surface area contributed by atoms with E-state index in [1.165, 1.54) is 11.8 Å². The molecule has 0 fully saturated rings. The molecule has 0 aromatic heterocycles. The molecule has 3 aliphatic heterocycles. The Kier molecular flexibility index (Phi) is 5.67. The molecule has 0 bridgehead atoms. The van der Waals surface area contributed by atoms with E-state index in [2.05, 4.69) is 26.8 Å². The van der Waals surface area contributed by atoms with E-state index in [4.69, 9.17) is 14.2 Å². The van der Waals surface area contributed by atoms with Gasteiger partial charge in [0.05, 0.1) is 29.7 Å². The van der Waals surface area contributed by atoms with Crippen LogP contribution < -0.4 is 9.47 Å². The third kappa shape index (κ3) is 3.78. The lowest BCUT2D eigenvalue weighted by molar-refractivity contribution is -0.141. The van der Waals surface area contributed by atoms with E-state index in [1.54, 1.807) is 6.26 Å². The standard InChI is InChI=1S/C26H29NO6S/c1-14-10-16(15-6-5-7-18-23(15)33-9-8-32-18)24-22-17(14)12-31-13-20(26(2,3)4)27(22)25(30)19(34-24)11-21(28)29/h5-7,10,12,16,19-20H,8-9,11,13H2,1-4H3,(H,28,29)/t16-,19+,20-/m0/s1. The predicted octanol–water partition coefficient (Wildman–Crippen LogP) is 4.46. The topological polar surface area (TPSA) is 85.3 Å². The number of hydrogen-bond donors (Lipinski definition) is 1. The van der Waals surface area contributed by atoms with Crippen molar-refractivity contribution in [3.8, 4) is 11.5 Å². The Morgan fingerprint density at radius 1 is 1.24 bits per heavy atom. The summed E-state index contributed by atoms with van der Waals surface area (Å²) in [6.07, 6.45) is 3.66. The van der Waals surface area contributed by atoms with Gasteiger partial charge in [-0.25, -0.2) is 0 Å². The van der Waals surface area contributed by atoms with Crippen molar-refractivity contribution in [1.29, 1.82) is 0 Å². The fraction of sp³-hybridized carbons (Fsp3) is 0.462. The van der Waals surface area contributed by atoms with Crippen molar-refractivity contribution in [3.63, 3.8) is 0 Å². The quantitative estimate of drug-likeness (QED) is 0.679. The average molecular weight is 484 g/mol. The van der Waals surface area contributed by atoms with Crippen molar-refractivity contribution in [1.82, 2.24) is 4.90 Å². The minimum absolute atomic E-state index is 0.175. The van der Waals surface area contributed by atoms with E-state index >= 15 is 0 Å². The summed E-state index contributed by atoms with van der Waals surface area (Å²) in [5.74, 6) is 0.0516. The zero-order valence-electron chi connectivity index (χ0n) is 19.8. The number of para-hydroxylation sites is 1. The molecular formula is C26H29NO6S. The summed E-state index contributed by atoms with van der Waals surface area (Å²) in [6.45, 7) is 9.57. The van der Waals surface area contributed by atoms with Crippen molar-refractivity contribution in [2.24, 2.45) is 5.41 Å². The Balaban J connectivity index is 1.72. The number of amides is 1. The van der Waals surface area contributed by atoms with Crippen LogP contribution in [-0.4, -0.2) is 53.0 Å². The van der Waals surface area contributed by atoms with E-state index in [1.807, 2.05) is 30.0 Å². The lowest BCUT2D eigenvalue weighted by Crippen LogP contribution is -2.54. The van der Waals surface area contributed by atoms with E-state index < -0.39 is 11.2 Å². The monoisotopic (exact) mass is 483 g/mol. The van der Waals surface area contributed by atoms with Gasteiger partial charge in [-0.2, -0.15) is 0 Å². The highest BCUT2D eigenvalue weighted by atomic mass is 32.2. The molecule has 1 aromatic carbocycles. The Hall–Kier alpha value is -2.87. The van der Waals surface area contributed by atoms with Crippen LogP contribution >= 0.6 is 11.8 Å².